The number of hydrogen-bond donors (Lipinski definition) is 1. The monoisotopic (exact) mass is 303 g/mol. The van der Waals surface area contributed by atoms with Crippen molar-refractivity contribution in [1.29, 1.82) is 0 Å². The van der Waals surface area contributed by atoms with Crippen molar-refractivity contribution in [2.45, 2.75) is 52.1 Å². The molecule has 5 heteroatoms. The van der Waals surface area contributed by atoms with Gasteiger partial charge in [0, 0.05) is 23.7 Å². The molecule has 2 heterocycles. The fourth-order valence-electron chi connectivity index (χ4n) is 2.51. The van der Waals surface area contributed by atoms with Crippen LogP contribution in [-0.4, -0.2) is 29.0 Å². The van der Waals surface area contributed by atoms with Gasteiger partial charge in [-0.05, 0) is 31.2 Å². The second kappa shape index (κ2) is 6.53. The largest absolute Gasteiger partial charge is 0.330 e. The molecule has 110 valence electrons. The highest BCUT2D eigenvalue weighted by atomic mass is 35.5. The second-order valence-corrected chi connectivity index (χ2v) is 7.60. The highest BCUT2D eigenvalue weighted by Gasteiger charge is 2.28. The lowest BCUT2D eigenvalue weighted by molar-refractivity contribution is 0.255. The van der Waals surface area contributed by atoms with E-state index in [1.54, 1.807) is 0 Å². The normalized spacial score (nSPS) is 24.5. The molecule has 0 aliphatic carbocycles. The zero-order valence-corrected chi connectivity index (χ0v) is 14.0. The van der Waals surface area contributed by atoms with Gasteiger partial charge in [-0.3, -0.25) is 4.90 Å². The molecule has 2 unspecified atom stereocenters. The summed E-state index contributed by atoms with van der Waals surface area (Å²) < 4.78 is 0. The molecule has 1 aromatic heterocycles. The third-order valence-electron chi connectivity index (χ3n) is 3.75. The molecule has 1 saturated heterocycles. The minimum Gasteiger partial charge on any atom is -0.330 e. The van der Waals surface area contributed by atoms with E-state index in [1.807, 2.05) is 17.5 Å². The molecule has 0 aromatic carbocycles. The molecule has 0 saturated carbocycles. The van der Waals surface area contributed by atoms with Crippen LogP contribution in [0.15, 0.2) is 6.20 Å². The summed E-state index contributed by atoms with van der Waals surface area (Å²) >= 11 is 1.85. The summed E-state index contributed by atoms with van der Waals surface area (Å²) in [6, 6.07) is 0.639. The summed E-state index contributed by atoms with van der Waals surface area (Å²) in [6.45, 7) is 12.0. The van der Waals surface area contributed by atoms with E-state index in [1.165, 1.54) is 16.3 Å². The molecule has 2 atom stereocenters. The van der Waals surface area contributed by atoms with Gasteiger partial charge in [-0.1, -0.05) is 20.8 Å². The predicted molar refractivity (Wildman–Crippen MR) is 85.1 cm³/mol. The molecule has 1 aromatic rings. The molecule has 2 rings (SSSR count). The Bertz CT molecular complexity index is 400. The molecule has 1 fully saturated rings. The van der Waals surface area contributed by atoms with Crippen LogP contribution in [0.3, 0.4) is 0 Å². The molecule has 0 bridgehead atoms. The van der Waals surface area contributed by atoms with Gasteiger partial charge in [0.1, 0.15) is 5.01 Å². The second-order valence-electron chi connectivity index (χ2n) is 6.48. The molecule has 0 amide bonds. The predicted octanol–water partition coefficient (Wildman–Crippen LogP) is 3.03. The summed E-state index contributed by atoms with van der Waals surface area (Å²) in [7, 11) is 0. The van der Waals surface area contributed by atoms with Gasteiger partial charge in [-0.2, -0.15) is 0 Å². The van der Waals surface area contributed by atoms with E-state index in [9.17, 15) is 0 Å². The number of thiazole rings is 1. The van der Waals surface area contributed by atoms with E-state index in [0.29, 0.717) is 12.0 Å². The van der Waals surface area contributed by atoms with E-state index in [-0.39, 0.29) is 17.8 Å². The van der Waals surface area contributed by atoms with Crippen LogP contribution in [0.4, 0.5) is 0 Å². The average molecular weight is 304 g/mol. The maximum absolute atomic E-state index is 5.77. The Labute approximate surface area is 127 Å². The minimum absolute atomic E-state index is 0. The summed E-state index contributed by atoms with van der Waals surface area (Å²) in [5.74, 6) is 0.669. The molecule has 0 spiro atoms. The Kier molecular flexibility index (Phi) is 5.80. The van der Waals surface area contributed by atoms with Crippen LogP contribution in [0.2, 0.25) is 0 Å². The summed E-state index contributed by atoms with van der Waals surface area (Å²) in [5.41, 5.74) is 5.99. The Morgan fingerprint density at radius 3 is 2.63 bits per heavy atom. The van der Waals surface area contributed by atoms with Crippen molar-refractivity contribution in [3.8, 4) is 0 Å². The molecule has 1 aliphatic heterocycles. The van der Waals surface area contributed by atoms with Crippen LogP contribution >= 0.6 is 23.7 Å². The zero-order valence-electron chi connectivity index (χ0n) is 12.3. The van der Waals surface area contributed by atoms with Gasteiger partial charge in [0.2, 0.25) is 0 Å². The molecule has 0 radical (unpaired) electrons. The molecule has 2 N–H and O–H groups in total. The van der Waals surface area contributed by atoms with Crippen molar-refractivity contribution in [1.82, 2.24) is 9.88 Å². The fraction of sp³-hybridized carbons (Fsp3) is 0.786. The van der Waals surface area contributed by atoms with Gasteiger partial charge < -0.3 is 5.73 Å². The minimum atomic E-state index is 0. The first-order valence-corrected chi connectivity index (χ1v) is 7.61. The lowest BCUT2D eigenvalue weighted by Crippen LogP contribution is -2.27. The van der Waals surface area contributed by atoms with E-state index < -0.39 is 0 Å². The van der Waals surface area contributed by atoms with Crippen molar-refractivity contribution in [3.63, 3.8) is 0 Å². The fourth-order valence-corrected chi connectivity index (χ4v) is 3.51. The number of likely N-dealkylation sites (tertiary alicyclic amines) is 1. The Morgan fingerprint density at radius 2 is 2.16 bits per heavy atom. The van der Waals surface area contributed by atoms with Gasteiger partial charge in [0.05, 0.1) is 6.54 Å². The van der Waals surface area contributed by atoms with Crippen molar-refractivity contribution >= 4 is 23.7 Å². The van der Waals surface area contributed by atoms with Crippen LogP contribution < -0.4 is 5.73 Å². The Hall–Kier alpha value is -0.160. The lowest BCUT2D eigenvalue weighted by Gasteiger charge is -2.19. The van der Waals surface area contributed by atoms with Crippen LogP contribution in [-0.2, 0) is 12.0 Å². The van der Waals surface area contributed by atoms with E-state index in [2.05, 4.69) is 37.6 Å². The van der Waals surface area contributed by atoms with Crippen molar-refractivity contribution in [2.75, 3.05) is 13.1 Å². The van der Waals surface area contributed by atoms with Crippen LogP contribution in [0, 0.1) is 5.92 Å². The number of aromatic nitrogens is 1. The number of nitrogens with zero attached hydrogens (tertiary/aromatic N) is 2. The smallest absolute Gasteiger partial charge is 0.107 e. The highest BCUT2D eigenvalue weighted by Crippen LogP contribution is 2.30. The molecular formula is C14H26ClN3S. The number of hydrogen-bond acceptors (Lipinski definition) is 4. The SMILES string of the molecule is CC1CC(CN)CN1Cc1ncc(C(C)(C)C)s1.Cl. The van der Waals surface area contributed by atoms with Crippen LogP contribution in [0.5, 0.6) is 0 Å². The Balaban J connectivity index is 0.00000180. The summed E-state index contributed by atoms with van der Waals surface area (Å²) in [4.78, 5) is 8.47. The quantitative estimate of drug-likeness (QED) is 0.933. The standard InChI is InChI=1S/C14H25N3S.ClH/c1-10-5-11(6-15)8-17(10)9-13-16-7-12(18-13)14(2,3)4;/h7,10-11H,5-6,8-9,15H2,1-4H3;1H. The average Bonchev–Trinajstić information content (AvgIpc) is 2.86. The van der Waals surface area contributed by atoms with E-state index >= 15 is 0 Å². The molecule has 19 heavy (non-hydrogen) atoms. The molecular weight excluding hydrogens is 278 g/mol. The van der Waals surface area contributed by atoms with Crippen LogP contribution in [0.1, 0.15) is 44.0 Å². The van der Waals surface area contributed by atoms with Gasteiger partial charge >= 0.3 is 0 Å². The topological polar surface area (TPSA) is 42.1 Å². The maximum Gasteiger partial charge on any atom is 0.107 e. The molecule has 3 nitrogen and oxygen atoms in total. The highest BCUT2D eigenvalue weighted by molar-refractivity contribution is 7.11. The van der Waals surface area contributed by atoms with E-state index in [4.69, 9.17) is 5.73 Å². The summed E-state index contributed by atoms with van der Waals surface area (Å²) in [5, 5.41) is 1.24. The third kappa shape index (κ3) is 4.15. The van der Waals surface area contributed by atoms with Crippen LogP contribution in [0.25, 0.3) is 0 Å². The van der Waals surface area contributed by atoms with Gasteiger partial charge in [-0.25, -0.2) is 4.98 Å². The van der Waals surface area contributed by atoms with Gasteiger partial charge in [0.15, 0.2) is 0 Å². The van der Waals surface area contributed by atoms with Gasteiger partial charge in [-0.15, -0.1) is 23.7 Å². The van der Waals surface area contributed by atoms with Crippen molar-refractivity contribution in [3.05, 3.63) is 16.1 Å². The summed E-state index contributed by atoms with van der Waals surface area (Å²) in [6.07, 6.45) is 3.27. The zero-order chi connectivity index (χ0) is 13.3. The maximum atomic E-state index is 5.77. The first-order chi connectivity index (χ1) is 8.40. The molecule has 1 aliphatic rings. The Morgan fingerprint density at radius 1 is 1.47 bits per heavy atom. The lowest BCUT2D eigenvalue weighted by atomic mass is 9.96. The third-order valence-corrected chi connectivity index (χ3v) is 5.16. The first-order valence-electron chi connectivity index (χ1n) is 6.79. The van der Waals surface area contributed by atoms with E-state index in [0.717, 1.165) is 19.6 Å². The number of halogens is 1. The van der Waals surface area contributed by atoms with Gasteiger partial charge in [0.25, 0.3) is 0 Å². The number of nitrogens with two attached hydrogens (primary N) is 1. The van der Waals surface area contributed by atoms with Crippen molar-refractivity contribution < 1.29 is 0 Å². The first kappa shape index (κ1) is 16.9. The van der Waals surface area contributed by atoms with Crippen molar-refractivity contribution in [2.24, 2.45) is 11.7 Å². The number of rotatable bonds is 3.